The van der Waals surface area contributed by atoms with Gasteiger partial charge in [0.05, 0.1) is 11.4 Å². The van der Waals surface area contributed by atoms with Gasteiger partial charge in [-0.1, -0.05) is 91.0 Å². The van der Waals surface area contributed by atoms with Crippen molar-refractivity contribution >= 4 is 21.5 Å². The highest BCUT2D eigenvalue weighted by molar-refractivity contribution is 5.90. The Morgan fingerprint density at radius 2 is 0.909 bits per heavy atom. The van der Waals surface area contributed by atoms with Gasteiger partial charge in [-0.2, -0.15) is 0 Å². The Balaban J connectivity index is 1.58. The van der Waals surface area contributed by atoms with E-state index in [4.69, 9.17) is 4.98 Å². The van der Waals surface area contributed by atoms with Crippen LogP contribution in [0.2, 0.25) is 0 Å². The quantitative estimate of drug-likeness (QED) is 0.312. The number of phenols is 1. The molecule has 0 radical (unpaired) electrons. The maximum atomic E-state index is 10.5. The first-order valence-corrected chi connectivity index (χ1v) is 11.0. The summed E-state index contributed by atoms with van der Waals surface area (Å²) < 4.78 is 0. The summed E-state index contributed by atoms with van der Waals surface area (Å²) in [6.07, 6.45) is 0. The van der Waals surface area contributed by atoms with Gasteiger partial charge >= 0.3 is 0 Å². The molecule has 0 aliphatic carbocycles. The highest BCUT2D eigenvalue weighted by atomic mass is 16.3. The van der Waals surface area contributed by atoms with Crippen molar-refractivity contribution in [2.75, 3.05) is 0 Å². The van der Waals surface area contributed by atoms with Crippen LogP contribution in [0.15, 0.2) is 121 Å². The largest absolute Gasteiger partial charge is 0.507 e. The van der Waals surface area contributed by atoms with Crippen LogP contribution in [-0.2, 0) is 0 Å². The van der Waals surface area contributed by atoms with Crippen molar-refractivity contribution < 1.29 is 5.11 Å². The molecule has 33 heavy (non-hydrogen) atoms. The van der Waals surface area contributed by atoms with E-state index in [0.29, 0.717) is 0 Å². The smallest absolute Gasteiger partial charge is 0.123 e. The molecule has 6 aromatic rings. The molecule has 0 aliphatic heterocycles. The van der Waals surface area contributed by atoms with Crippen LogP contribution in [0, 0.1) is 0 Å². The Morgan fingerprint density at radius 3 is 1.45 bits per heavy atom. The zero-order valence-electron chi connectivity index (χ0n) is 17.9. The minimum atomic E-state index is 0.262. The van der Waals surface area contributed by atoms with Crippen molar-refractivity contribution in [3.8, 4) is 39.4 Å². The summed E-state index contributed by atoms with van der Waals surface area (Å²) in [6, 6.07) is 41.1. The molecule has 1 N–H and O–H groups in total. The summed E-state index contributed by atoms with van der Waals surface area (Å²) in [5.74, 6) is 0.262. The normalized spacial score (nSPS) is 11.2. The summed E-state index contributed by atoms with van der Waals surface area (Å²) in [5, 5.41) is 15.3. The molecule has 1 aromatic heterocycles. The number of aromatic hydroxyl groups is 1. The zero-order valence-corrected chi connectivity index (χ0v) is 17.9. The van der Waals surface area contributed by atoms with Crippen molar-refractivity contribution in [2.24, 2.45) is 0 Å². The Bertz CT molecular complexity index is 1540. The second kappa shape index (κ2) is 7.92. The standard InChI is InChI=1S/C31H21NO/c33-31-12-6-5-11-28(31)27-19-29(25-15-13-21-7-1-3-9-23(21)17-25)32-30(20-27)26-16-14-22-8-2-4-10-24(22)18-26/h1-20,33H. The minimum Gasteiger partial charge on any atom is -0.507 e. The Hall–Kier alpha value is -4.43. The van der Waals surface area contributed by atoms with Crippen LogP contribution in [0.25, 0.3) is 55.2 Å². The molecule has 0 aliphatic rings. The molecule has 2 heteroatoms. The number of phenolic OH excluding ortho intramolecular Hbond substituents is 1. The first-order chi connectivity index (χ1) is 16.2. The third kappa shape index (κ3) is 3.62. The number of pyridine rings is 1. The van der Waals surface area contributed by atoms with E-state index in [1.165, 1.54) is 21.5 Å². The van der Waals surface area contributed by atoms with E-state index < -0.39 is 0 Å². The molecular formula is C31H21NO. The van der Waals surface area contributed by atoms with E-state index in [1.807, 2.05) is 18.2 Å². The summed E-state index contributed by atoms with van der Waals surface area (Å²) >= 11 is 0. The number of benzene rings is 5. The molecule has 0 fully saturated rings. The summed E-state index contributed by atoms with van der Waals surface area (Å²) in [4.78, 5) is 5.06. The third-order valence-corrected chi connectivity index (χ3v) is 6.13. The van der Waals surface area contributed by atoms with Crippen molar-refractivity contribution in [3.63, 3.8) is 0 Å². The fraction of sp³-hybridized carbons (Fsp3) is 0. The molecule has 6 rings (SSSR count). The van der Waals surface area contributed by atoms with E-state index in [0.717, 1.165) is 33.6 Å². The summed E-state index contributed by atoms with van der Waals surface area (Å²) in [7, 11) is 0. The Labute approximate surface area is 192 Å². The first kappa shape index (κ1) is 19.3. The molecule has 0 atom stereocenters. The SMILES string of the molecule is Oc1ccccc1-c1cc(-c2ccc3ccccc3c2)nc(-c2ccc3ccccc3c2)c1. The second-order valence-corrected chi connectivity index (χ2v) is 8.27. The molecule has 0 saturated heterocycles. The lowest BCUT2D eigenvalue weighted by molar-refractivity contribution is 0.477. The minimum absolute atomic E-state index is 0.262. The number of para-hydroxylation sites is 1. The molecular weight excluding hydrogens is 402 g/mol. The number of aromatic nitrogens is 1. The van der Waals surface area contributed by atoms with E-state index >= 15 is 0 Å². The lowest BCUT2D eigenvalue weighted by Crippen LogP contribution is -1.92. The van der Waals surface area contributed by atoms with Crippen molar-refractivity contribution in [3.05, 3.63) is 121 Å². The summed E-state index contributed by atoms with van der Waals surface area (Å²) in [5.41, 5.74) is 5.59. The van der Waals surface area contributed by atoms with Gasteiger partial charge in [0.15, 0.2) is 0 Å². The van der Waals surface area contributed by atoms with Crippen LogP contribution in [0.1, 0.15) is 0 Å². The Kier molecular flexibility index (Phi) is 4.63. The predicted octanol–water partition coefficient (Wildman–Crippen LogP) is 8.09. The second-order valence-electron chi connectivity index (χ2n) is 8.27. The van der Waals surface area contributed by atoms with E-state index in [1.54, 1.807) is 6.07 Å². The van der Waals surface area contributed by atoms with E-state index in [9.17, 15) is 5.11 Å². The topological polar surface area (TPSA) is 33.1 Å². The predicted molar refractivity (Wildman–Crippen MR) is 137 cm³/mol. The highest BCUT2D eigenvalue weighted by Gasteiger charge is 2.12. The monoisotopic (exact) mass is 423 g/mol. The fourth-order valence-corrected chi connectivity index (χ4v) is 4.40. The van der Waals surface area contributed by atoms with Gasteiger partial charge < -0.3 is 5.11 Å². The number of nitrogens with zero attached hydrogens (tertiary/aromatic N) is 1. The van der Waals surface area contributed by atoms with Crippen molar-refractivity contribution in [1.82, 2.24) is 4.98 Å². The van der Waals surface area contributed by atoms with Crippen LogP contribution >= 0.6 is 0 Å². The number of hydrogen-bond acceptors (Lipinski definition) is 2. The first-order valence-electron chi connectivity index (χ1n) is 11.0. The third-order valence-electron chi connectivity index (χ3n) is 6.13. The molecule has 5 aromatic carbocycles. The molecule has 0 amide bonds. The average molecular weight is 424 g/mol. The van der Waals surface area contributed by atoms with Gasteiger partial charge in [-0.05, 0) is 57.4 Å². The molecule has 0 spiro atoms. The van der Waals surface area contributed by atoms with Gasteiger partial charge in [0.1, 0.15) is 5.75 Å². The van der Waals surface area contributed by atoms with Gasteiger partial charge in [-0.3, -0.25) is 0 Å². The molecule has 0 bridgehead atoms. The average Bonchev–Trinajstić information content (AvgIpc) is 2.88. The van der Waals surface area contributed by atoms with Gasteiger partial charge in [-0.15, -0.1) is 0 Å². The number of hydrogen-bond donors (Lipinski definition) is 1. The van der Waals surface area contributed by atoms with Gasteiger partial charge in [0.2, 0.25) is 0 Å². The molecule has 1 heterocycles. The summed E-state index contributed by atoms with van der Waals surface area (Å²) in [6.45, 7) is 0. The number of rotatable bonds is 3. The fourth-order valence-electron chi connectivity index (χ4n) is 4.40. The van der Waals surface area contributed by atoms with E-state index in [-0.39, 0.29) is 5.75 Å². The van der Waals surface area contributed by atoms with Crippen molar-refractivity contribution in [2.45, 2.75) is 0 Å². The van der Waals surface area contributed by atoms with Crippen LogP contribution < -0.4 is 0 Å². The van der Waals surface area contributed by atoms with Crippen LogP contribution in [-0.4, -0.2) is 10.1 Å². The van der Waals surface area contributed by atoms with Crippen LogP contribution in [0.4, 0.5) is 0 Å². The molecule has 156 valence electrons. The molecule has 2 nitrogen and oxygen atoms in total. The zero-order chi connectivity index (χ0) is 22.2. The van der Waals surface area contributed by atoms with Gasteiger partial charge in [-0.25, -0.2) is 4.98 Å². The van der Waals surface area contributed by atoms with Crippen LogP contribution in [0.3, 0.4) is 0 Å². The van der Waals surface area contributed by atoms with Crippen LogP contribution in [0.5, 0.6) is 5.75 Å². The van der Waals surface area contributed by atoms with Gasteiger partial charge in [0, 0.05) is 16.7 Å². The lowest BCUT2D eigenvalue weighted by atomic mass is 9.97. The van der Waals surface area contributed by atoms with Gasteiger partial charge in [0.25, 0.3) is 0 Å². The van der Waals surface area contributed by atoms with Crippen molar-refractivity contribution in [1.29, 1.82) is 0 Å². The molecule has 0 saturated carbocycles. The Morgan fingerprint density at radius 1 is 0.424 bits per heavy atom. The molecule has 0 unspecified atom stereocenters. The lowest BCUT2D eigenvalue weighted by Gasteiger charge is -2.12. The van der Waals surface area contributed by atoms with E-state index in [2.05, 4.69) is 97.1 Å². The number of fused-ring (bicyclic) bond motifs is 2. The maximum Gasteiger partial charge on any atom is 0.123 e. The maximum absolute atomic E-state index is 10.5. The highest BCUT2D eigenvalue weighted by Crippen LogP contribution is 2.35.